The van der Waals surface area contributed by atoms with Gasteiger partial charge in [-0.15, -0.1) is 0 Å². The van der Waals surface area contributed by atoms with Crippen LogP contribution in [-0.4, -0.2) is 18.5 Å². The highest BCUT2D eigenvalue weighted by Gasteiger charge is 2.11. The average Bonchev–Trinajstić information content (AvgIpc) is 2.47. The van der Waals surface area contributed by atoms with Gasteiger partial charge in [-0.1, -0.05) is 0 Å². The van der Waals surface area contributed by atoms with Crippen LogP contribution in [0.15, 0.2) is 42.5 Å². The first-order valence-corrected chi connectivity index (χ1v) is 6.65. The van der Waals surface area contributed by atoms with Crippen molar-refractivity contribution in [3.8, 4) is 5.75 Å². The number of nitrogen functional groups attached to an aromatic ring is 2. The van der Waals surface area contributed by atoms with Crippen LogP contribution in [0.2, 0.25) is 0 Å². The van der Waals surface area contributed by atoms with Crippen molar-refractivity contribution >= 4 is 23.3 Å². The second-order valence-corrected chi connectivity index (χ2v) is 4.52. The summed E-state index contributed by atoms with van der Waals surface area (Å²) in [7, 11) is 0. The number of hydrogen-bond acceptors (Lipinski definition) is 6. The molecular formula is C16H16N2O4. The lowest BCUT2D eigenvalue weighted by atomic mass is 10.2. The summed E-state index contributed by atoms with van der Waals surface area (Å²) in [4.78, 5) is 23.5. The van der Waals surface area contributed by atoms with Crippen molar-refractivity contribution in [2.24, 2.45) is 0 Å². The third-order valence-electron chi connectivity index (χ3n) is 2.79. The number of nitrogens with two attached hydrogens (primary N) is 2. The molecule has 0 aliphatic rings. The van der Waals surface area contributed by atoms with Gasteiger partial charge in [0.15, 0.2) is 0 Å². The number of carbonyl (C=O) groups is 2. The third kappa shape index (κ3) is 3.76. The normalized spacial score (nSPS) is 10.0. The van der Waals surface area contributed by atoms with Gasteiger partial charge in [0.25, 0.3) is 0 Å². The van der Waals surface area contributed by atoms with Gasteiger partial charge >= 0.3 is 11.9 Å². The number of benzene rings is 2. The van der Waals surface area contributed by atoms with E-state index in [1.54, 1.807) is 13.0 Å². The van der Waals surface area contributed by atoms with Gasteiger partial charge < -0.3 is 20.9 Å². The van der Waals surface area contributed by atoms with Crippen LogP contribution < -0.4 is 16.2 Å². The fourth-order valence-electron chi connectivity index (χ4n) is 1.83. The van der Waals surface area contributed by atoms with Crippen molar-refractivity contribution in [3.05, 3.63) is 53.6 Å². The zero-order valence-electron chi connectivity index (χ0n) is 12.0. The lowest BCUT2D eigenvalue weighted by Gasteiger charge is -2.07. The highest BCUT2D eigenvalue weighted by molar-refractivity contribution is 5.93. The number of carbonyl (C=O) groups excluding carboxylic acids is 2. The minimum atomic E-state index is -0.581. The summed E-state index contributed by atoms with van der Waals surface area (Å²) >= 11 is 0. The van der Waals surface area contributed by atoms with Gasteiger partial charge in [-0.2, -0.15) is 0 Å². The Bertz CT molecular complexity index is 676. The molecule has 0 spiro atoms. The second-order valence-electron chi connectivity index (χ2n) is 4.52. The predicted molar refractivity (Wildman–Crippen MR) is 82.6 cm³/mol. The highest BCUT2D eigenvalue weighted by Crippen LogP contribution is 2.18. The van der Waals surface area contributed by atoms with Crippen molar-refractivity contribution < 1.29 is 19.1 Å². The fourth-order valence-corrected chi connectivity index (χ4v) is 1.83. The van der Waals surface area contributed by atoms with Crippen LogP contribution in [0.3, 0.4) is 0 Å². The Morgan fingerprint density at radius 2 is 1.50 bits per heavy atom. The van der Waals surface area contributed by atoms with E-state index in [9.17, 15) is 9.59 Å². The molecule has 4 N–H and O–H groups in total. The van der Waals surface area contributed by atoms with Gasteiger partial charge in [-0.3, -0.25) is 0 Å². The molecule has 0 aliphatic heterocycles. The van der Waals surface area contributed by atoms with Crippen molar-refractivity contribution in [2.45, 2.75) is 6.92 Å². The summed E-state index contributed by atoms with van der Waals surface area (Å²) in [5, 5.41) is 0. The first-order chi connectivity index (χ1) is 10.5. The van der Waals surface area contributed by atoms with Crippen LogP contribution in [0.25, 0.3) is 0 Å². The van der Waals surface area contributed by atoms with Gasteiger partial charge in [0, 0.05) is 11.4 Å². The number of rotatable bonds is 4. The predicted octanol–water partition coefficient (Wildman–Crippen LogP) is 2.25. The minimum Gasteiger partial charge on any atom is -0.462 e. The van der Waals surface area contributed by atoms with Gasteiger partial charge in [-0.05, 0) is 49.4 Å². The Morgan fingerprint density at radius 3 is 2.05 bits per heavy atom. The molecule has 2 aromatic rings. The molecule has 0 fully saturated rings. The van der Waals surface area contributed by atoms with Crippen LogP contribution in [0.4, 0.5) is 11.4 Å². The molecule has 0 amide bonds. The molecule has 114 valence electrons. The number of ether oxygens (including phenoxy) is 2. The van der Waals surface area contributed by atoms with Crippen molar-refractivity contribution in [3.63, 3.8) is 0 Å². The van der Waals surface area contributed by atoms with E-state index < -0.39 is 11.9 Å². The molecule has 2 rings (SSSR count). The molecule has 0 atom stereocenters. The first-order valence-electron chi connectivity index (χ1n) is 6.65. The maximum absolute atomic E-state index is 12.0. The Labute approximate surface area is 127 Å². The highest BCUT2D eigenvalue weighted by atomic mass is 16.5. The molecule has 0 saturated heterocycles. The number of anilines is 2. The molecule has 0 aromatic heterocycles. The quantitative estimate of drug-likeness (QED) is 0.510. The third-order valence-corrected chi connectivity index (χ3v) is 2.79. The van der Waals surface area contributed by atoms with E-state index >= 15 is 0 Å². The van der Waals surface area contributed by atoms with E-state index in [1.807, 2.05) is 0 Å². The Hall–Kier alpha value is -3.02. The summed E-state index contributed by atoms with van der Waals surface area (Å²) in [6.45, 7) is 2.03. The zero-order chi connectivity index (χ0) is 16.1. The number of esters is 2. The lowest BCUT2D eigenvalue weighted by molar-refractivity contribution is 0.0526. The molecule has 0 heterocycles. The van der Waals surface area contributed by atoms with Crippen LogP contribution >= 0.6 is 0 Å². The van der Waals surface area contributed by atoms with E-state index in [1.165, 1.54) is 36.4 Å². The minimum absolute atomic E-state index is 0.256. The smallest absolute Gasteiger partial charge is 0.343 e. The van der Waals surface area contributed by atoms with E-state index in [2.05, 4.69) is 0 Å². The summed E-state index contributed by atoms with van der Waals surface area (Å²) in [6.07, 6.45) is 0. The van der Waals surface area contributed by atoms with Crippen LogP contribution in [-0.2, 0) is 4.74 Å². The largest absolute Gasteiger partial charge is 0.462 e. The molecule has 0 unspecified atom stereocenters. The molecule has 6 heteroatoms. The average molecular weight is 300 g/mol. The number of hydrogen-bond donors (Lipinski definition) is 2. The summed E-state index contributed by atoms with van der Waals surface area (Å²) < 4.78 is 10.1. The van der Waals surface area contributed by atoms with Crippen LogP contribution in [0, 0.1) is 0 Å². The monoisotopic (exact) mass is 300 g/mol. The Kier molecular flexibility index (Phi) is 4.63. The fraction of sp³-hybridized carbons (Fsp3) is 0.125. The van der Waals surface area contributed by atoms with Gasteiger partial charge in [0.2, 0.25) is 0 Å². The topological polar surface area (TPSA) is 105 Å². The van der Waals surface area contributed by atoms with Gasteiger partial charge in [-0.25, -0.2) is 9.59 Å². The zero-order valence-corrected chi connectivity index (χ0v) is 12.0. The molecule has 0 saturated carbocycles. The van der Waals surface area contributed by atoms with Gasteiger partial charge in [0.05, 0.1) is 17.7 Å². The maximum Gasteiger partial charge on any atom is 0.343 e. The molecule has 22 heavy (non-hydrogen) atoms. The van der Waals surface area contributed by atoms with Crippen molar-refractivity contribution in [1.29, 1.82) is 0 Å². The van der Waals surface area contributed by atoms with E-state index in [4.69, 9.17) is 20.9 Å². The van der Waals surface area contributed by atoms with E-state index in [0.29, 0.717) is 29.3 Å². The van der Waals surface area contributed by atoms with Crippen LogP contribution in [0.5, 0.6) is 5.75 Å². The first kappa shape index (κ1) is 15.4. The molecule has 6 nitrogen and oxygen atoms in total. The SMILES string of the molecule is CCOC(=O)c1ccc(OC(=O)c2cc(N)cc(N)c2)cc1. The standard InChI is InChI=1S/C16H16N2O4/c1-2-21-15(19)10-3-5-14(6-4-10)22-16(20)11-7-12(17)9-13(18)8-11/h3-9H,2,17-18H2,1H3. The summed E-state index contributed by atoms with van der Waals surface area (Å²) in [6, 6.07) is 10.6. The Morgan fingerprint density at radius 1 is 0.909 bits per heavy atom. The molecule has 0 aliphatic carbocycles. The maximum atomic E-state index is 12.0. The van der Waals surface area contributed by atoms with E-state index in [-0.39, 0.29) is 5.56 Å². The Balaban J connectivity index is 2.10. The molecule has 0 radical (unpaired) electrons. The lowest BCUT2D eigenvalue weighted by Crippen LogP contribution is -2.10. The summed E-state index contributed by atoms with van der Waals surface area (Å²) in [5.41, 5.74) is 12.7. The van der Waals surface area contributed by atoms with E-state index in [0.717, 1.165) is 0 Å². The molecule has 2 aromatic carbocycles. The molecule has 0 bridgehead atoms. The second kappa shape index (κ2) is 6.62. The van der Waals surface area contributed by atoms with Gasteiger partial charge in [0.1, 0.15) is 5.75 Å². The van der Waals surface area contributed by atoms with Crippen molar-refractivity contribution in [2.75, 3.05) is 18.1 Å². The van der Waals surface area contributed by atoms with Crippen molar-refractivity contribution in [1.82, 2.24) is 0 Å². The summed E-state index contributed by atoms with van der Waals surface area (Å²) in [5.74, 6) is -0.703. The molecular weight excluding hydrogens is 284 g/mol. The van der Waals surface area contributed by atoms with Crippen LogP contribution in [0.1, 0.15) is 27.6 Å².